The molecule has 1 fully saturated rings. The third kappa shape index (κ3) is 2.62. The number of amides is 1. The zero-order valence-corrected chi connectivity index (χ0v) is 12.3. The Hall–Kier alpha value is -1.65. The third-order valence-electron chi connectivity index (χ3n) is 3.77. The van der Waals surface area contributed by atoms with Crippen LogP contribution in [-0.4, -0.2) is 29.9 Å². The Morgan fingerprint density at radius 3 is 2.75 bits per heavy atom. The fraction of sp³-hybridized carbons (Fsp3) is 0.312. The topological polar surface area (TPSA) is 32.3 Å². The van der Waals surface area contributed by atoms with E-state index in [1.54, 1.807) is 0 Å². The number of nitrogens with zero attached hydrogens (tertiary/aromatic N) is 1. The van der Waals surface area contributed by atoms with Gasteiger partial charge in [-0.3, -0.25) is 4.79 Å². The Labute approximate surface area is 123 Å². The van der Waals surface area contributed by atoms with Gasteiger partial charge >= 0.3 is 0 Å². The van der Waals surface area contributed by atoms with Crippen LogP contribution in [0.25, 0.3) is 0 Å². The van der Waals surface area contributed by atoms with E-state index in [4.69, 9.17) is 0 Å². The van der Waals surface area contributed by atoms with Crippen LogP contribution in [0, 0.1) is 0 Å². The molecule has 2 atom stereocenters. The van der Waals surface area contributed by atoms with Crippen LogP contribution in [0.5, 0.6) is 0 Å². The second-order valence-electron chi connectivity index (χ2n) is 5.16. The second-order valence-corrected chi connectivity index (χ2v) is 6.10. The van der Waals surface area contributed by atoms with Gasteiger partial charge in [0.25, 0.3) is 5.91 Å². The van der Waals surface area contributed by atoms with E-state index in [1.165, 1.54) is 16.9 Å². The Balaban J connectivity index is 1.79. The average Bonchev–Trinajstić information content (AvgIpc) is 3.02. The highest BCUT2D eigenvalue weighted by Gasteiger charge is 2.30. The van der Waals surface area contributed by atoms with Crippen LogP contribution in [0.3, 0.4) is 0 Å². The summed E-state index contributed by atoms with van der Waals surface area (Å²) in [6.45, 7) is 3.65. The highest BCUT2D eigenvalue weighted by atomic mass is 32.1. The van der Waals surface area contributed by atoms with Crippen molar-refractivity contribution >= 4 is 17.2 Å². The van der Waals surface area contributed by atoms with Crippen molar-refractivity contribution < 1.29 is 4.79 Å². The van der Waals surface area contributed by atoms with Crippen molar-refractivity contribution in [1.29, 1.82) is 0 Å². The number of thiophene rings is 1. The zero-order chi connectivity index (χ0) is 13.9. The summed E-state index contributed by atoms with van der Waals surface area (Å²) in [6, 6.07) is 14.6. The molecule has 2 unspecified atom stereocenters. The maximum absolute atomic E-state index is 12.6. The molecule has 1 saturated heterocycles. The van der Waals surface area contributed by atoms with Crippen LogP contribution in [0.1, 0.15) is 28.2 Å². The van der Waals surface area contributed by atoms with E-state index in [-0.39, 0.29) is 18.0 Å². The molecule has 1 aliphatic rings. The normalized spacial score (nSPS) is 22.8. The van der Waals surface area contributed by atoms with Gasteiger partial charge in [-0.1, -0.05) is 36.4 Å². The number of piperazine rings is 1. The highest BCUT2D eigenvalue weighted by Crippen LogP contribution is 2.22. The number of benzene rings is 1. The van der Waals surface area contributed by atoms with Gasteiger partial charge in [-0.05, 0) is 23.9 Å². The minimum atomic E-state index is 0.148. The summed E-state index contributed by atoms with van der Waals surface area (Å²) < 4.78 is 0. The largest absolute Gasteiger partial charge is 0.332 e. The second kappa shape index (κ2) is 5.77. The van der Waals surface area contributed by atoms with Gasteiger partial charge in [-0.2, -0.15) is 0 Å². The van der Waals surface area contributed by atoms with Crippen molar-refractivity contribution in [2.24, 2.45) is 0 Å². The van der Waals surface area contributed by atoms with Gasteiger partial charge in [0.1, 0.15) is 0 Å². The van der Waals surface area contributed by atoms with Gasteiger partial charge in [-0.15, -0.1) is 11.3 Å². The molecule has 3 rings (SSSR count). The summed E-state index contributed by atoms with van der Waals surface area (Å²) in [5, 5.41) is 5.48. The monoisotopic (exact) mass is 286 g/mol. The lowest BCUT2D eigenvalue weighted by atomic mass is 10.0. The molecule has 2 aromatic rings. The van der Waals surface area contributed by atoms with Gasteiger partial charge in [0.15, 0.2) is 0 Å². The maximum atomic E-state index is 12.6. The van der Waals surface area contributed by atoms with Crippen molar-refractivity contribution in [2.75, 3.05) is 13.1 Å². The van der Waals surface area contributed by atoms with Crippen molar-refractivity contribution in [2.45, 2.75) is 19.0 Å². The molecule has 1 amide bonds. The van der Waals surface area contributed by atoms with E-state index >= 15 is 0 Å². The van der Waals surface area contributed by atoms with E-state index < -0.39 is 0 Å². The standard InChI is InChI=1S/C16H18N2OS/c1-12-10-17-14(13-6-3-2-4-7-13)11-18(12)16(19)15-8-5-9-20-15/h2-9,12,14,17H,10-11H2,1H3. The van der Waals surface area contributed by atoms with Gasteiger partial charge < -0.3 is 10.2 Å². The fourth-order valence-corrected chi connectivity index (χ4v) is 3.28. The van der Waals surface area contributed by atoms with Crippen LogP contribution in [0.4, 0.5) is 0 Å². The minimum absolute atomic E-state index is 0.148. The number of nitrogens with one attached hydrogen (secondary N) is 1. The Kier molecular flexibility index (Phi) is 3.85. The third-order valence-corrected chi connectivity index (χ3v) is 4.62. The van der Waals surface area contributed by atoms with Crippen molar-refractivity contribution in [3.05, 3.63) is 58.3 Å². The van der Waals surface area contributed by atoms with Gasteiger partial charge in [0.05, 0.1) is 4.88 Å². The molecule has 2 heterocycles. The van der Waals surface area contributed by atoms with Crippen LogP contribution in [0.2, 0.25) is 0 Å². The smallest absolute Gasteiger partial charge is 0.264 e. The predicted molar refractivity (Wildman–Crippen MR) is 82.0 cm³/mol. The number of hydrogen-bond acceptors (Lipinski definition) is 3. The van der Waals surface area contributed by atoms with Gasteiger partial charge in [0, 0.05) is 25.2 Å². The molecule has 1 aromatic heterocycles. The summed E-state index contributed by atoms with van der Waals surface area (Å²) in [5.74, 6) is 0.148. The molecular weight excluding hydrogens is 268 g/mol. The first-order valence-corrected chi connectivity index (χ1v) is 7.76. The van der Waals surface area contributed by atoms with Crippen LogP contribution < -0.4 is 5.32 Å². The minimum Gasteiger partial charge on any atom is -0.332 e. The lowest BCUT2D eigenvalue weighted by Gasteiger charge is -2.38. The van der Waals surface area contributed by atoms with Crippen molar-refractivity contribution in [1.82, 2.24) is 10.2 Å². The number of carbonyl (C=O) groups excluding carboxylic acids is 1. The first kappa shape index (κ1) is 13.3. The Bertz CT molecular complexity index is 567. The number of rotatable bonds is 2. The molecule has 3 nitrogen and oxygen atoms in total. The van der Waals surface area contributed by atoms with E-state index in [0.717, 1.165) is 18.0 Å². The van der Waals surface area contributed by atoms with Gasteiger partial charge in [-0.25, -0.2) is 0 Å². The quantitative estimate of drug-likeness (QED) is 0.920. The van der Waals surface area contributed by atoms with Crippen LogP contribution in [-0.2, 0) is 0 Å². The molecule has 1 N–H and O–H groups in total. The summed E-state index contributed by atoms with van der Waals surface area (Å²) in [7, 11) is 0. The molecule has 0 aliphatic carbocycles. The predicted octanol–water partition coefficient (Wildman–Crippen LogP) is 2.92. The maximum Gasteiger partial charge on any atom is 0.264 e. The van der Waals surface area contributed by atoms with Crippen molar-refractivity contribution in [3.8, 4) is 0 Å². The molecule has 0 spiro atoms. The van der Waals surface area contributed by atoms with E-state index in [2.05, 4.69) is 24.4 Å². The molecule has 1 aromatic carbocycles. The first-order chi connectivity index (χ1) is 9.75. The SMILES string of the molecule is CC1CNC(c2ccccc2)CN1C(=O)c1cccs1. The lowest BCUT2D eigenvalue weighted by Crippen LogP contribution is -2.53. The lowest BCUT2D eigenvalue weighted by molar-refractivity contribution is 0.0612. The molecule has 0 radical (unpaired) electrons. The Morgan fingerprint density at radius 1 is 1.25 bits per heavy atom. The van der Waals surface area contributed by atoms with E-state index in [9.17, 15) is 4.79 Å². The van der Waals surface area contributed by atoms with E-state index in [1.807, 2.05) is 40.6 Å². The summed E-state index contributed by atoms with van der Waals surface area (Å²) in [4.78, 5) is 15.4. The molecule has 4 heteroatoms. The molecular formula is C16H18N2OS. The van der Waals surface area contributed by atoms with Crippen LogP contribution >= 0.6 is 11.3 Å². The number of hydrogen-bond donors (Lipinski definition) is 1. The average molecular weight is 286 g/mol. The van der Waals surface area contributed by atoms with Gasteiger partial charge in [0.2, 0.25) is 0 Å². The van der Waals surface area contributed by atoms with Crippen molar-refractivity contribution in [3.63, 3.8) is 0 Å². The Morgan fingerprint density at radius 2 is 2.05 bits per heavy atom. The zero-order valence-electron chi connectivity index (χ0n) is 11.5. The molecule has 104 valence electrons. The molecule has 20 heavy (non-hydrogen) atoms. The summed E-state index contributed by atoms with van der Waals surface area (Å²) in [6.07, 6.45) is 0. The summed E-state index contributed by atoms with van der Waals surface area (Å²) >= 11 is 1.51. The molecule has 1 aliphatic heterocycles. The van der Waals surface area contributed by atoms with E-state index in [0.29, 0.717) is 0 Å². The molecule has 0 bridgehead atoms. The van der Waals surface area contributed by atoms with Crippen LogP contribution in [0.15, 0.2) is 47.8 Å². The highest BCUT2D eigenvalue weighted by molar-refractivity contribution is 7.12. The number of carbonyl (C=O) groups is 1. The fourth-order valence-electron chi connectivity index (χ4n) is 2.60. The molecule has 0 saturated carbocycles. The first-order valence-electron chi connectivity index (χ1n) is 6.88. The summed E-state index contributed by atoms with van der Waals surface area (Å²) in [5.41, 5.74) is 1.24.